The van der Waals surface area contributed by atoms with E-state index in [1.54, 1.807) is 6.92 Å². The molecule has 4 heteroatoms. The number of aliphatic carboxylic acids is 1. The molecule has 0 amide bonds. The van der Waals surface area contributed by atoms with Crippen molar-refractivity contribution in [2.75, 3.05) is 39.8 Å². The molecular weight excluding hydrogens is 204 g/mol. The predicted octanol–water partition coefficient (Wildman–Crippen LogP) is 1.12. The molecule has 1 aliphatic rings. The Labute approximate surface area is 98.2 Å². The first-order valence-corrected chi connectivity index (χ1v) is 6.23. The van der Waals surface area contributed by atoms with Gasteiger partial charge >= 0.3 is 5.97 Å². The summed E-state index contributed by atoms with van der Waals surface area (Å²) in [7, 11) is 2.00. The van der Waals surface area contributed by atoms with Crippen molar-refractivity contribution in [3.8, 4) is 0 Å². The van der Waals surface area contributed by atoms with E-state index in [1.165, 1.54) is 25.9 Å². The average Bonchev–Trinajstić information content (AvgIpc) is 2.70. The molecule has 4 nitrogen and oxygen atoms in total. The molecule has 1 heterocycles. The van der Waals surface area contributed by atoms with Gasteiger partial charge in [-0.1, -0.05) is 6.92 Å². The normalized spacial score (nSPS) is 19.2. The number of nitrogens with zero attached hydrogens (tertiary/aromatic N) is 2. The van der Waals surface area contributed by atoms with E-state index in [9.17, 15) is 4.79 Å². The molecule has 16 heavy (non-hydrogen) atoms. The second-order valence-electron chi connectivity index (χ2n) is 4.90. The first kappa shape index (κ1) is 13.5. The minimum Gasteiger partial charge on any atom is -0.481 e. The minimum atomic E-state index is -0.702. The number of likely N-dealkylation sites (tertiary alicyclic amines) is 1. The largest absolute Gasteiger partial charge is 0.481 e. The number of hydrogen-bond donors (Lipinski definition) is 1. The summed E-state index contributed by atoms with van der Waals surface area (Å²) in [5.41, 5.74) is 0. The second kappa shape index (κ2) is 6.86. The van der Waals surface area contributed by atoms with E-state index in [1.807, 2.05) is 7.05 Å². The second-order valence-corrected chi connectivity index (χ2v) is 4.90. The van der Waals surface area contributed by atoms with E-state index in [-0.39, 0.29) is 5.92 Å². The first-order valence-electron chi connectivity index (χ1n) is 6.23. The van der Waals surface area contributed by atoms with Crippen molar-refractivity contribution in [2.45, 2.75) is 26.2 Å². The Balaban J connectivity index is 2.05. The Morgan fingerprint density at radius 3 is 2.62 bits per heavy atom. The number of carboxylic acids is 1. The van der Waals surface area contributed by atoms with Crippen molar-refractivity contribution in [3.05, 3.63) is 0 Å². The van der Waals surface area contributed by atoms with Crippen LogP contribution < -0.4 is 0 Å². The number of rotatable bonds is 7. The molecule has 0 aromatic heterocycles. The van der Waals surface area contributed by atoms with Crippen LogP contribution in [0, 0.1) is 5.92 Å². The summed E-state index contributed by atoms with van der Waals surface area (Å²) in [6.07, 6.45) is 3.82. The Hall–Kier alpha value is -0.610. The van der Waals surface area contributed by atoms with E-state index in [4.69, 9.17) is 5.11 Å². The molecule has 1 aliphatic heterocycles. The van der Waals surface area contributed by atoms with Gasteiger partial charge in [0.1, 0.15) is 0 Å². The molecule has 0 radical (unpaired) electrons. The van der Waals surface area contributed by atoms with Gasteiger partial charge in [-0.3, -0.25) is 4.79 Å². The fraction of sp³-hybridized carbons (Fsp3) is 0.917. The van der Waals surface area contributed by atoms with Crippen molar-refractivity contribution >= 4 is 5.97 Å². The molecule has 1 saturated heterocycles. The fourth-order valence-electron chi connectivity index (χ4n) is 2.21. The molecule has 0 saturated carbocycles. The van der Waals surface area contributed by atoms with Crippen LogP contribution in [-0.4, -0.2) is 60.6 Å². The van der Waals surface area contributed by atoms with Crippen LogP contribution in [0.5, 0.6) is 0 Å². The lowest BCUT2D eigenvalue weighted by Gasteiger charge is -2.21. The maximum absolute atomic E-state index is 10.7. The first-order chi connectivity index (χ1) is 7.59. The van der Waals surface area contributed by atoms with Crippen LogP contribution in [-0.2, 0) is 4.79 Å². The van der Waals surface area contributed by atoms with Crippen molar-refractivity contribution in [2.24, 2.45) is 5.92 Å². The molecule has 0 aromatic carbocycles. The maximum Gasteiger partial charge on any atom is 0.307 e. The van der Waals surface area contributed by atoms with Gasteiger partial charge in [0.05, 0.1) is 5.92 Å². The van der Waals surface area contributed by atoms with E-state index >= 15 is 0 Å². The van der Waals surface area contributed by atoms with Crippen LogP contribution in [0.25, 0.3) is 0 Å². The minimum absolute atomic E-state index is 0.267. The highest BCUT2D eigenvalue weighted by atomic mass is 16.4. The van der Waals surface area contributed by atoms with Crippen LogP contribution in [0.4, 0.5) is 0 Å². The number of carboxylic acid groups (broad SMARTS) is 1. The van der Waals surface area contributed by atoms with Gasteiger partial charge in [0.25, 0.3) is 0 Å². The SMILES string of the molecule is CC(CN(C)CCCN1CCCC1)C(=O)O. The highest BCUT2D eigenvalue weighted by Crippen LogP contribution is 2.07. The van der Waals surface area contributed by atoms with E-state index in [0.717, 1.165) is 19.5 Å². The zero-order valence-corrected chi connectivity index (χ0v) is 10.5. The summed E-state index contributed by atoms with van der Waals surface area (Å²) in [5, 5.41) is 8.79. The van der Waals surface area contributed by atoms with Gasteiger partial charge in [-0.15, -0.1) is 0 Å². The zero-order chi connectivity index (χ0) is 12.0. The van der Waals surface area contributed by atoms with Crippen LogP contribution in [0.3, 0.4) is 0 Å². The highest BCUT2D eigenvalue weighted by molar-refractivity contribution is 5.69. The summed E-state index contributed by atoms with van der Waals surface area (Å²) < 4.78 is 0. The predicted molar refractivity (Wildman–Crippen MR) is 64.6 cm³/mol. The highest BCUT2D eigenvalue weighted by Gasteiger charge is 2.14. The van der Waals surface area contributed by atoms with Gasteiger partial charge < -0.3 is 14.9 Å². The molecule has 94 valence electrons. The van der Waals surface area contributed by atoms with Crippen molar-refractivity contribution in [3.63, 3.8) is 0 Å². The fourth-order valence-corrected chi connectivity index (χ4v) is 2.21. The van der Waals surface area contributed by atoms with E-state index in [2.05, 4.69) is 9.80 Å². The maximum atomic E-state index is 10.7. The lowest BCUT2D eigenvalue weighted by atomic mass is 10.2. The molecule has 1 rings (SSSR count). The van der Waals surface area contributed by atoms with Gasteiger partial charge in [-0.05, 0) is 52.5 Å². The Morgan fingerprint density at radius 1 is 1.44 bits per heavy atom. The third-order valence-corrected chi connectivity index (χ3v) is 3.22. The Bertz CT molecular complexity index is 215. The number of carbonyl (C=O) groups is 1. The van der Waals surface area contributed by atoms with Gasteiger partial charge in [-0.2, -0.15) is 0 Å². The average molecular weight is 228 g/mol. The van der Waals surface area contributed by atoms with Gasteiger partial charge in [0.2, 0.25) is 0 Å². The summed E-state index contributed by atoms with van der Waals surface area (Å²) >= 11 is 0. The van der Waals surface area contributed by atoms with Crippen LogP contribution in [0.1, 0.15) is 26.2 Å². The van der Waals surface area contributed by atoms with Crippen molar-refractivity contribution in [1.29, 1.82) is 0 Å². The van der Waals surface area contributed by atoms with Crippen LogP contribution in [0.15, 0.2) is 0 Å². The molecule has 1 unspecified atom stereocenters. The van der Waals surface area contributed by atoms with Crippen molar-refractivity contribution < 1.29 is 9.90 Å². The smallest absolute Gasteiger partial charge is 0.307 e. The molecule has 0 bridgehead atoms. The topological polar surface area (TPSA) is 43.8 Å². The summed E-state index contributed by atoms with van der Waals surface area (Å²) in [6, 6.07) is 0. The summed E-state index contributed by atoms with van der Waals surface area (Å²) in [6.45, 7) is 7.05. The lowest BCUT2D eigenvalue weighted by molar-refractivity contribution is -0.141. The molecule has 0 spiro atoms. The van der Waals surface area contributed by atoms with Gasteiger partial charge in [-0.25, -0.2) is 0 Å². The zero-order valence-electron chi connectivity index (χ0n) is 10.5. The molecular formula is C12H24N2O2. The lowest BCUT2D eigenvalue weighted by Crippen LogP contribution is -2.31. The standard InChI is InChI=1S/C12H24N2O2/c1-11(12(15)16)10-13(2)6-5-9-14-7-3-4-8-14/h11H,3-10H2,1-2H3,(H,15,16). The molecule has 1 atom stereocenters. The van der Waals surface area contributed by atoms with E-state index < -0.39 is 5.97 Å². The molecule has 0 aliphatic carbocycles. The quantitative estimate of drug-likeness (QED) is 0.709. The van der Waals surface area contributed by atoms with Gasteiger partial charge in [0.15, 0.2) is 0 Å². The molecule has 1 fully saturated rings. The third kappa shape index (κ3) is 4.94. The summed E-state index contributed by atoms with van der Waals surface area (Å²) in [5.74, 6) is -0.969. The van der Waals surface area contributed by atoms with Crippen molar-refractivity contribution in [1.82, 2.24) is 9.80 Å². The Morgan fingerprint density at radius 2 is 2.06 bits per heavy atom. The number of hydrogen-bond acceptors (Lipinski definition) is 3. The monoisotopic (exact) mass is 228 g/mol. The van der Waals surface area contributed by atoms with Crippen LogP contribution >= 0.6 is 0 Å². The molecule has 0 aromatic rings. The summed E-state index contributed by atoms with van der Waals surface area (Å²) in [4.78, 5) is 15.3. The van der Waals surface area contributed by atoms with Crippen LogP contribution in [0.2, 0.25) is 0 Å². The Kier molecular flexibility index (Phi) is 5.77. The molecule has 1 N–H and O–H groups in total. The van der Waals surface area contributed by atoms with Gasteiger partial charge in [0, 0.05) is 6.54 Å². The third-order valence-electron chi connectivity index (χ3n) is 3.22. The van der Waals surface area contributed by atoms with E-state index in [0.29, 0.717) is 6.54 Å².